The Bertz CT molecular complexity index is 1290. The molecule has 38 heavy (non-hydrogen) atoms. The molecule has 0 unspecified atom stereocenters. The van der Waals surface area contributed by atoms with Gasteiger partial charge in [0.15, 0.2) is 0 Å². The van der Waals surface area contributed by atoms with Crippen molar-refractivity contribution in [1.82, 2.24) is 9.80 Å². The Morgan fingerprint density at radius 2 is 1.87 bits per heavy atom. The minimum Gasteiger partial charge on any atom is -0.488 e. The number of carbonyl (C=O) groups is 2. The number of aliphatic hydroxyl groups is 1. The van der Waals surface area contributed by atoms with Gasteiger partial charge in [0.2, 0.25) is 5.91 Å². The summed E-state index contributed by atoms with van der Waals surface area (Å²) < 4.78 is 6.53. The Balaban J connectivity index is 1.59. The number of hydrogen-bond donors (Lipinski definition) is 2. The molecule has 4 rings (SSSR count). The zero-order chi connectivity index (χ0) is 27.4. The van der Waals surface area contributed by atoms with Crippen LogP contribution in [0.15, 0.2) is 60.7 Å². The van der Waals surface area contributed by atoms with E-state index in [4.69, 9.17) is 4.74 Å². The number of benzene rings is 3. The number of nitrogens with one attached hydrogen (secondary N) is 1. The summed E-state index contributed by atoms with van der Waals surface area (Å²) in [7, 11) is 5.65. The zero-order valence-electron chi connectivity index (χ0n) is 22.8. The van der Waals surface area contributed by atoms with E-state index in [9.17, 15) is 14.7 Å². The second-order valence-electron chi connectivity index (χ2n) is 10.4. The van der Waals surface area contributed by atoms with Crippen LogP contribution in [0.5, 0.6) is 5.75 Å². The van der Waals surface area contributed by atoms with Crippen molar-refractivity contribution in [2.45, 2.75) is 32.4 Å². The molecule has 1 heterocycles. The molecule has 1 aliphatic heterocycles. The van der Waals surface area contributed by atoms with Crippen molar-refractivity contribution in [3.8, 4) is 5.75 Å². The molecular formula is C30H38N4O4. The second-order valence-corrected chi connectivity index (χ2v) is 10.4. The molecule has 2 N–H and O–H groups in total. The summed E-state index contributed by atoms with van der Waals surface area (Å²) in [6.07, 6.45) is -0.195. The van der Waals surface area contributed by atoms with Crippen molar-refractivity contribution in [3.05, 3.63) is 66.2 Å². The van der Waals surface area contributed by atoms with Gasteiger partial charge in [0.25, 0.3) is 0 Å². The fourth-order valence-corrected chi connectivity index (χ4v) is 4.81. The predicted octanol–water partition coefficient (Wildman–Crippen LogP) is 4.22. The van der Waals surface area contributed by atoms with Gasteiger partial charge in [-0.05, 0) is 36.6 Å². The minimum atomic E-state index is -0.374. The first-order valence-corrected chi connectivity index (χ1v) is 13.0. The Labute approximate surface area is 224 Å². The van der Waals surface area contributed by atoms with E-state index in [0.29, 0.717) is 18.8 Å². The van der Waals surface area contributed by atoms with Crippen LogP contribution in [0.2, 0.25) is 0 Å². The van der Waals surface area contributed by atoms with Crippen molar-refractivity contribution >= 4 is 34.1 Å². The highest BCUT2D eigenvalue weighted by Crippen LogP contribution is 2.30. The molecule has 0 spiro atoms. The van der Waals surface area contributed by atoms with Gasteiger partial charge in [-0.2, -0.15) is 0 Å². The number of likely N-dealkylation sites (N-methyl/N-ethyl adjacent to an activating group) is 1. The molecule has 3 aromatic rings. The van der Waals surface area contributed by atoms with Crippen LogP contribution in [0.25, 0.3) is 10.8 Å². The van der Waals surface area contributed by atoms with Crippen molar-refractivity contribution in [1.29, 1.82) is 0 Å². The van der Waals surface area contributed by atoms with Gasteiger partial charge in [-0.1, -0.05) is 43.3 Å². The smallest absolute Gasteiger partial charge is 0.321 e. The van der Waals surface area contributed by atoms with Crippen LogP contribution in [0.3, 0.4) is 0 Å². The third-order valence-electron chi connectivity index (χ3n) is 7.25. The Hall–Kier alpha value is -3.78. The van der Waals surface area contributed by atoms with Crippen molar-refractivity contribution < 1.29 is 19.4 Å². The zero-order valence-corrected chi connectivity index (χ0v) is 22.8. The van der Waals surface area contributed by atoms with E-state index in [2.05, 4.69) is 5.32 Å². The molecule has 0 saturated carbocycles. The lowest BCUT2D eigenvalue weighted by Gasteiger charge is -2.34. The number of aliphatic hydroxyl groups excluding tert-OH is 1. The topological polar surface area (TPSA) is 85.4 Å². The summed E-state index contributed by atoms with van der Waals surface area (Å²) in [5.74, 6) is 0.490. The molecule has 8 nitrogen and oxygen atoms in total. The summed E-state index contributed by atoms with van der Waals surface area (Å²) in [6, 6.07) is 19.0. The number of amides is 3. The van der Waals surface area contributed by atoms with Crippen LogP contribution in [-0.2, 0) is 11.2 Å². The summed E-state index contributed by atoms with van der Waals surface area (Å²) in [5.41, 5.74) is 2.51. The number of hydrogen-bond acceptors (Lipinski definition) is 5. The van der Waals surface area contributed by atoms with Crippen LogP contribution in [0, 0.1) is 5.92 Å². The number of ether oxygens (including phenoxy) is 1. The highest BCUT2D eigenvalue weighted by atomic mass is 16.5. The van der Waals surface area contributed by atoms with Crippen LogP contribution in [0.1, 0.15) is 19.4 Å². The maximum atomic E-state index is 13.3. The van der Waals surface area contributed by atoms with Crippen molar-refractivity contribution in [2.75, 3.05) is 51.1 Å². The Kier molecular flexibility index (Phi) is 8.42. The van der Waals surface area contributed by atoms with Gasteiger partial charge in [-0.3, -0.25) is 4.79 Å². The molecule has 0 bridgehead atoms. The van der Waals surface area contributed by atoms with E-state index in [1.54, 1.807) is 16.8 Å². The number of urea groups is 1. The minimum absolute atomic E-state index is 0.0538. The first-order chi connectivity index (χ1) is 18.2. The van der Waals surface area contributed by atoms with Crippen molar-refractivity contribution in [3.63, 3.8) is 0 Å². The second kappa shape index (κ2) is 11.7. The third kappa shape index (κ3) is 6.02. The predicted molar refractivity (Wildman–Crippen MR) is 152 cm³/mol. The van der Waals surface area contributed by atoms with Crippen LogP contribution >= 0.6 is 0 Å². The summed E-state index contributed by atoms with van der Waals surface area (Å²) in [5, 5.41) is 14.9. The lowest BCUT2D eigenvalue weighted by Crippen LogP contribution is -2.48. The third-order valence-corrected chi connectivity index (χ3v) is 7.25. The first-order valence-electron chi connectivity index (χ1n) is 13.0. The average Bonchev–Trinajstić information content (AvgIpc) is 2.95. The van der Waals surface area contributed by atoms with E-state index < -0.39 is 0 Å². The molecule has 3 amide bonds. The molecule has 202 valence electrons. The summed E-state index contributed by atoms with van der Waals surface area (Å²) in [4.78, 5) is 31.9. The number of anilines is 2. The van der Waals surface area contributed by atoms with Crippen LogP contribution in [-0.4, -0.2) is 79.8 Å². The largest absolute Gasteiger partial charge is 0.488 e. The van der Waals surface area contributed by atoms with Gasteiger partial charge >= 0.3 is 6.03 Å². The molecular weight excluding hydrogens is 480 g/mol. The fraction of sp³-hybridized carbons (Fsp3) is 0.400. The molecule has 0 fully saturated rings. The molecule has 3 aromatic carbocycles. The standard InChI is InChI=1S/C30H38N4O4/c1-20-17-34(21(2)19-35)29(36)16-23-15-24(32(3)4)13-14-27(23)38-28(20)18-33(5)30(37)31-26-12-8-10-22-9-6-7-11-25(22)26/h6-15,20-21,28,35H,16-19H2,1-5H3,(H,31,37)/t20-,21-,28+/m0/s1. The molecule has 0 saturated heterocycles. The number of nitrogens with zero attached hydrogens (tertiary/aromatic N) is 3. The lowest BCUT2D eigenvalue weighted by molar-refractivity contribution is -0.134. The summed E-state index contributed by atoms with van der Waals surface area (Å²) in [6.45, 7) is 4.48. The van der Waals surface area contributed by atoms with Gasteiger partial charge in [0, 0.05) is 50.2 Å². The quantitative estimate of drug-likeness (QED) is 0.511. The molecule has 1 aliphatic rings. The normalized spacial score (nSPS) is 18.5. The lowest BCUT2D eigenvalue weighted by atomic mass is 10.0. The highest BCUT2D eigenvalue weighted by molar-refractivity contribution is 6.01. The Morgan fingerprint density at radius 3 is 2.61 bits per heavy atom. The van der Waals surface area contributed by atoms with E-state index in [-0.39, 0.29) is 43.0 Å². The van der Waals surface area contributed by atoms with E-state index in [1.807, 2.05) is 93.5 Å². The monoisotopic (exact) mass is 518 g/mol. The van der Waals surface area contributed by atoms with Crippen molar-refractivity contribution in [2.24, 2.45) is 5.92 Å². The first kappa shape index (κ1) is 27.3. The van der Waals surface area contributed by atoms with Crippen LogP contribution in [0.4, 0.5) is 16.2 Å². The number of carbonyl (C=O) groups excluding carboxylic acids is 2. The Morgan fingerprint density at radius 1 is 1.13 bits per heavy atom. The van der Waals surface area contributed by atoms with E-state index >= 15 is 0 Å². The van der Waals surface area contributed by atoms with Gasteiger partial charge in [-0.15, -0.1) is 0 Å². The maximum absolute atomic E-state index is 13.3. The van der Waals surface area contributed by atoms with E-state index in [0.717, 1.165) is 27.7 Å². The van der Waals surface area contributed by atoms with Gasteiger partial charge in [-0.25, -0.2) is 4.79 Å². The highest BCUT2D eigenvalue weighted by Gasteiger charge is 2.32. The molecule has 0 aromatic heterocycles. The average molecular weight is 519 g/mol. The number of rotatable bonds is 6. The fourth-order valence-electron chi connectivity index (χ4n) is 4.81. The maximum Gasteiger partial charge on any atom is 0.321 e. The van der Waals surface area contributed by atoms with Crippen LogP contribution < -0.4 is 15.0 Å². The van der Waals surface area contributed by atoms with Gasteiger partial charge in [0.05, 0.1) is 31.3 Å². The van der Waals surface area contributed by atoms with Gasteiger partial charge in [0.1, 0.15) is 11.9 Å². The molecule has 0 radical (unpaired) electrons. The molecule has 0 aliphatic carbocycles. The van der Waals surface area contributed by atoms with E-state index in [1.165, 1.54) is 0 Å². The molecule has 8 heteroatoms. The molecule has 3 atom stereocenters. The summed E-state index contributed by atoms with van der Waals surface area (Å²) >= 11 is 0. The van der Waals surface area contributed by atoms with Gasteiger partial charge < -0.3 is 29.9 Å². The SMILES string of the molecule is C[C@H]1CN([C@@H](C)CO)C(=O)Cc2cc(N(C)C)ccc2O[C@@H]1CN(C)C(=O)Nc1cccc2ccccc12. The number of fused-ring (bicyclic) bond motifs is 2.